The Balaban J connectivity index is 1.85. The van der Waals surface area contributed by atoms with Crippen molar-refractivity contribution in [3.63, 3.8) is 0 Å². The molecule has 0 fully saturated rings. The molecule has 26 heavy (non-hydrogen) atoms. The summed E-state index contributed by atoms with van der Waals surface area (Å²) < 4.78 is 32.2. The molecule has 7 heteroatoms. The largest absolute Gasteiger partial charge is 0.497 e. The predicted octanol–water partition coefficient (Wildman–Crippen LogP) is 2.97. The van der Waals surface area contributed by atoms with Crippen LogP contribution in [0, 0.1) is 11.3 Å². The number of benzene rings is 2. The fourth-order valence-electron chi connectivity index (χ4n) is 2.85. The van der Waals surface area contributed by atoms with Crippen LogP contribution in [0.15, 0.2) is 53.4 Å². The second-order valence-corrected chi connectivity index (χ2v) is 7.93. The van der Waals surface area contributed by atoms with Crippen molar-refractivity contribution in [1.82, 2.24) is 9.55 Å². The van der Waals surface area contributed by atoms with Crippen LogP contribution in [0.3, 0.4) is 0 Å². The number of ether oxygens (including phenoxy) is 1. The molecule has 0 bridgehead atoms. The summed E-state index contributed by atoms with van der Waals surface area (Å²) >= 11 is 0. The van der Waals surface area contributed by atoms with Gasteiger partial charge in [-0.25, -0.2) is 13.4 Å². The summed E-state index contributed by atoms with van der Waals surface area (Å²) in [6.07, 6.45) is 0.632. The molecule has 0 saturated carbocycles. The molecule has 1 heterocycles. The topological polar surface area (TPSA) is 85.0 Å². The van der Waals surface area contributed by atoms with E-state index in [1.165, 1.54) is 7.11 Å². The number of nitriles is 1. The summed E-state index contributed by atoms with van der Waals surface area (Å²) in [5, 5.41) is 8.89. The Labute approximate surface area is 152 Å². The number of aryl methyl sites for hydroxylation is 2. The number of hydrogen-bond donors (Lipinski definition) is 0. The third-order valence-corrected chi connectivity index (χ3v) is 5.93. The first-order valence-electron chi connectivity index (χ1n) is 8.23. The number of hydrogen-bond acceptors (Lipinski definition) is 5. The number of nitrogens with zero attached hydrogens (tertiary/aromatic N) is 3. The summed E-state index contributed by atoms with van der Waals surface area (Å²) in [6.45, 7) is 0.495. The van der Waals surface area contributed by atoms with E-state index in [1.807, 2.05) is 28.8 Å². The highest BCUT2D eigenvalue weighted by Gasteiger charge is 2.18. The average Bonchev–Trinajstić information content (AvgIpc) is 3.02. The van der Waals surface area contributed by atoms with Gasteiger partial charge in [0.25, 0.3) is 0 Å². The van der Waals surface area contributed by atoms with Crippen LogP contribution in [-0.2, 0) is 22.8 Å². The molecule has 3 rings (SSSR count). The molecular formula is C19H19N3O3S. The Morgan fingerprint density at radius 3 is 2.58 bits per heavy atom. The molecule has 2 aromatic carbocycles. The van der Waals surface area contributed by atoms with Gasteiger partial charge in [0.15, 0.2) is 9.84 Å². The number of rotatable bonds is 7. The Bertz CT molecular complexity index is 1050. The number of aromatic nitrogens is 2. The highest BCUT2D eigenvalue weighted by molar-refractivity contribution is 7.91. The number of fused-ring (bicyclic) bond motifs is 1. The number of para-hydroxylation sites is 2. The van der Waals surface area contributed by atoms with E-state index in [9.17, 15) is 8.42 Å². The lowest BCUT2D eigenvalue weighted by atomic mass is 10.3. The maximum Gasteiger partial charge on any atom is 0.178 e. The van der Waals surface area contributed by atoms with Crippen LogP contribution in [0.5, 0.6) is 5.75 Å². The normalized spacial score (nSPS) is 11.4. The van der Waals surface area contributed by atoms with Gasteiger partial charge in [-0.05, 0) is 36.4 Å². The van der Waals surface area contributed by atoms with Crippen LogP contribution in [0.2, 0.25) is 0 Å². The number of sulfone groups is 1. The summed E-state index contributed by atoms with van der Waals surface area (Å²) in [5.74, 6) is 1.25. The van der Waals surface area contributed by atoms with Gasteiger partial charge in [0.2, 0.25) is 0 Å². The van der Waals surface area contributed by atoms with Crippen LogP contribution in [0.1, 0.15) is 12.2 Å². The molecule has 0 atom stereocenters. The molecule has 0 unspecified atom stereocenters. The first kappa shape index (κ1) is 18.0. The van der Waals surface area contributed by atoms with Gasteiger partial charge in [-0.1, -0.05) is 12.1 Å². The van der Waals surface area contributed by atoms with E-state index in [2.05, 4.69) is 11.1 Å². The zero-order chi connectivity index (χ0) is 18.6. The van der Waals surface area contributed by atoms with Crippen molar-refractivity contribution in [1.29, 1.82) is 5.26 Å². The molecule has 0 amide bonds. The minimum absolute atomic E-state index is 0.0464. The van der Waals surface area contributed by atoms with E-state index in [4.69, 9.17) is 10.00 Å². The fraction of sp³-hybridized carbons (Fsp3) is 0.263. The van der Waals surface area contributed by atoms with Gasteiger partial charge in [0, 0.05) is 13.0 Å². The van der Waals surface area contributed by atoms with Crippen molar-refractivity contribution in [2.45, 2.75) is 24.3 Å². The van der Waals surface area contributed by atoms with Crippen LogP contribution < -0.4 is 4.74 Å². The van der Waals surface area contributed by atoms with Crippen molar-refractivity contribution in [3.8, 4) is 11.8 Å². The highest BCUT2D eigenvalue weighted by Crippen LogP contribution is 2.20. The van der Waals surface area contributed by atoms with Gasteiger partial charge < -0.3 is 9.30 Å². The Hall–Kier alpha value is -2.85. The van der Waals surface area contributed by atoms with Crippen LogP contribution in [-0.4, -0.2) is 30.8 Å². The smallest absolute Gasteiger partial charge is 0.178 e. The summed E-state index contributed by atoms with van der Waals surface area (Å²) in [5.41, 5.74) is 1.72. The predicted molar refractivity (Wildman–Crippen MR) is 98.7 cm³/mol. The quantitative estimate of drug-likeness (QED) is 0.639. The van der Waals surface area contributed by atoms with E-state index >= 15 is 0 Å². The van der Waals surface area contributed by atoms with Gasteiger partial charge >= 0.3 is 0 Å². The Kier molecular flexibility index (Phi) is 5.24. The number of imidazole rings is 1. The van der Waals surface area contributed by atoms with E-state index in [0.717, 1.165) is 11.0 Å². The van der Waals surface area contributed by atoms with Gasteiger partial charge in [-0.15, -0.1) is 0 Å². The molecule has 3 aromatic rings. The molecule has 134 valence electrons. The third-order valence-electron chi connectivity index (χ3n) is 4.19. The number of methoxy groups -OCH3 is 1. The molecule has 0 aliphatic carbocycles. The first-order chi connectivity index (χ1) is 12.5. The zero-order valence-electron chi connectivity index (χ0n) is 14.4. The molecule has 0 N–H and O–H groups in total. The summed E-state index contributed by atoms with van der Waals surface area (Å²) in [6, 6.07) is 16.1. The molecule has 0 aliphatic rings. The molecule has 0 aliphatic heterocycles. The summed E-state index contributed by atoms with van der Waals surface area (Å²) in [4.78, 5) is 4.82. The molecule has 0 saturated heterocycles. The minimum atomic E-state index is -3.43. The van der Waals surface area contributed by atoms with Crippen LogP contribution in [0.4, 0.5) is 0 Å². The lowest BCUT2D eigenvalue weighted by molar-refractivity contribution is 0.414. The standard InChI is InChI=1S/C19H19N3O3S/c1-25-15-7-9-16(10-8-15)26(23,24)14-11-19-21-17-5-2-3-6-18(17)22(19)13-4-12-20/h2-3,5-10H,4,11,13-14H2,1H3. The molecular weight excluding hydrogens is 350 g/mol. The fourth-order valence-corrected chi connectivity index (χ4v) is 4.09. The molecule has 6 nitrogen and oxygen atoms in total. The van der Waals surface area contributed by atoms with E-state index in [1.54, 1.807) is 24.3 Å². The van der Waals surface area contributed by atoms with Gasteiger partial charge in [0.1, 0.15) is 11.6 Å². The monoisotopic (exact) mass is 369 g/mol. The maximum absolute atomic E-state index is 12.6. The SMILES string of the molecule is COc1ccc(S(=O)(=O)CCc2nc3ccccc3n2CCC#N)cc1. The second-order valence-electron chi connectivity index (χ2n) is 5.82. The Morgan fingerprint density at radius 2 is 1.88 bits per heavy atom. The average molecular weight is 369 g/mol. The highest BCUT2D eigenvalue weighted by atomic mass is 32.2. The van der Waals surface area contributed by atoms with Crippen LogP contribution in [0.25, 0.3) is 11.0 Å². The van der Waals surface area contributed by atoms with Crippen molar-refractivity contribution >= 4 is 20.9 Å². The van der Waals surface area contributed by atoms with Gasteiger partial charge in [-0.2, -0.15) is 5.26 Å². The van der Waals surface area contributed by atoms with E-state index < -0.39 is 9.84 Å². The van der Waals surface area contributed by atoms with Crippen molar-refractivity contribution < 1.29 is 13.2 Å². The van der Waals surface area contributed by atoms with Crippen molar-refractivity contribution in [2.75, 3.05) is 12.9 Å². The van der Waals surface area contributed by atoms with E-state index in [0.29, 0.717) is 24.5 Å². The lowest BCUT2D eigenvalue weighted by Crippen LogP contribution is -2.13. The van der Waals surface area contributed by atoms with E-state index in [-0.39, 0.29) is 17.1 Å². The first-order valence-corrected chi connectivity index (χ1v) is 9.88. The van der Waals surface area contributed by atoms with Crippen molar-refractivity contribution in [2.24, 2.45) is 0 Å². The molecule has 0 radical (unpaired) electrons. The maximum atomic E-state index is 12.6. The Morgan fingerprint density at radius 1 is 1.15 bits per heavy atom. The summed E-state index contributed by atoms with van der Waals surface area (Å²) in [7, 11) is -1.90. The van der Waals surface area contributed by atoms with Gasteiger partial charge in [0.05, 0.1) is 41.3 Å². The van der Waals surface area contributed by atoms with Crippen LogP contribution >= 0.6 is 0 Å². The second kappa shape index (κ2) is 7.58. The third kappa shape index (κ3) is 3.70. The molecule has 1 aromatic heterocycles. The lowest BCUT2D eigenvalue weighted by Gasteiger charge is -2.08. The van der Waals surface area contributed by atoms with Crippen molar-refractivity contribution in [3.05, 3.63) is 54.4 Å². The minimum Gasteiger partial charge on any atom is -0.497 e. The zero-order valence-corrected chi connectivity index (χ0v) is 15.2. The molecule has 0 spiro atoms. The van der Waals surface area contributed by atoms with Gasteiger partial charge in [-0.3, -0.25) is 0 Å².